The van der Waals surface area contributed by atoms with E-state index in [1.54, 1.807) is 18.2 Å². The Kier molecular flexibility index (Phi) is 7.16. The monoisotopic (exact) mass is 448 g/mol. The van der Waals surface area contributed by atoms with Crippen LogP contribution in [-0.4, -0.2) is 20.9 Å². The number of rotatable bonds is 6. The van der Waals surface area contributed by atoms with Crippen LogP contribution in [0, 0.1) is 12.8 Å². The molecule has 5 nitrogen and oxygen atoms in total. The van der Waals surface area contributed by atoms with Crippen molar-refractivity contribution in [3.8, 4) is 0 Å². The summed E-state index contributed by atoms with van der Waals surface area (Å²) < 4.78 is 27.5. The third-order valence-corrected chi connectivity index (χ3v) is 6.28. The van der Waals surface area contributed by atoms with E-state index >= 15 is 0 Å². The Balaban J connectivity index is 2.36. The number of carbonyl (C=O) groups is 1. The van der Waals surface area contributed by atoms with E-state index in [2.05, 4.69) is 10.0 Å². The summed E-state index contributed by atoms with van der Waals surface area (Å²) in [6.45, 7) is 5.82. The van der Waals surface area contributed by atoms with Gasteiger partial charge in [0.15, 0.2) is 0 Å². The Labute approximate surface area is 174 Å². The molecule has 0 saturated heterocycles. The number of hydrogen-bond acceptors (Lipinski definition) is 3. The van der Waals surface area contributed by atoms with Crippen LogP contribution in [0.1, 0.15) is 29.8 Å². The molecule has 2 rings (SSSR count). The predicted molar refractivity (Wildman–Crippen MR) is 111 cm³/mol. The molecule has 0 saturated carbocycles. The van der Waals surface area contributed by atoms with Crippen molar-refractivity contribution in [3.63, 3.8) is 0 Å². The zero-order valence-electron chi connectivity index (χ0n) is 14.9. The molecule has 0 aliphatic carbocycles. The summed E-state index contributed by atoms with van der Waals surface area (Å²) in [6, 6.07) is 7.45. The number of benzene rings is 2. The summed E-state index contributed by atoms with van der Waals surface area (Å²) in [6.07, 6.45) is 0. The maximum absolute atomic E-state index is 12.6. The molecule has 0 aliphatic heterocycles. The average molecular weight is 450 g/mol. The molecule has 0 heterocycles. The minimum Gasteiger partial charge on any atom is -0.322 e. The first-order valence-electron chi connectivity index (χ1n) is 8.07. The van der Waals surface area contributed by atoms with Crippen molar-refractivity contribution in [2.24, 2.45) is 5.92 Å². The van der Waals surface area contributed by atoms with E-state index in [0.717, 1.165) is 5.56 Å². The number of halogens is 3. The molecule has 0 unspecified atom stereocenters. The zero-order valence-corrected chi connectivity index (χ0v) is 18.0. The van der Waals surface area contributed by atoms with Crippen LogP contribution in [0.5, 0.6) is 0 Å². The van der Waals surface area contributed by atoms with E-state index in [1.807, 2.05) is 20.8 Å². The topological polar surface area (TPSA) is 75.3 Å². The Hall–Kier alpha value is -1.31. The largest absolute Gasteiger partial charge is 0.322 e. The van der Waals surface area contributed by atoms with E-state index < -0.39 is 15.9 Å². The summed E-state index contributed by atoms with van der Waals surface area (Å²) in [5, 5.41) is 3.12. The van der Waals surface area contributed by atoms with Crippen molar-refractivity contribution in [3.05, 3.63) is 56.5 Å². The van der Waals surface area contributed by atoms with Gasteiger partial charge in [-0.3, -0.25) is 4.79 Å². The van der Waals surface area contributed by atoms with E-state index in [9.17, 15) is 13.2 Å². The number of anilines is 1. The number of carbonyl (C=O) groups excluding carboxylic acids is 1. The van der Waals surface area contributed by atoms with Crippen molar-refractivity contribution in [1.29, 1.82) is 0 Å². The lowest BCUT2D eigenvalue weighted by Crippen LogP contribution is -2.28. The molecule has 0 bridgehead atoms. The van der Waals surface area contributed by atoms with Crippen LogP contribution in [0.4, 0.5) is 5.69 Å². The highest BCUT2D eigenvalue weighted by Crippen LogP contribution is 2.29. The molecule has 0 aliphatic rings. The molecule has 0 radical (unpaired) electrons. The van der Waals surface area contributed by atoms with Gasteiger partial charge in [0.05, 0.1) is 15.6 Å². The quantitative estimate of drug-likeness (QED) is 0.641. The lowest BCUT2D eigenvalue weighted by molar-refractivity contribution is 0.102. The van der Waals surface area contributed by atoms with Gasteiger partial charge in [0.1, 0.15) is 4.90 Å². The van der Waals surface area contributed by atoms with Crippen LogP contribution in [-0.2, 0) is 10.0 Å². The summed E-state index contributed by atoms with van der Waals surface area (Å²) in [5.41, 5.74) is 1.32. The predicted octanol–water partition coefficient (Wildman–Crippen LogP) is 5.14. The summed E-state index contributed by atoms with van der Waals surface area (Å²) in [7, 11) is -3.89. The minimum atomic E-state index is -3.89. The van der Waals surface area contributed by atoms with E-state index in [0.29, 0.717) is 10.7 Å². The molecular weight excluding hydrogens is 431 g/mol. The van der Waals surface area contributed by atoms with Gasteiger partial charge in [-0.1, -0.05) is 54.7 Å². The highest BCUT2D eigenvalue weighted by atomic mass is 35.5. The van der Waals surface area contributed by atoms with Crippen LogP contribution in [0.2, 0.25) is 15.1 Å². The van der Waals surface area contributed by atoms with E-state index in [4.69, 9.17) is 34.8 Å². The second-order valence-electron chi connectivity index (χ2n) is 6.43. The molecule has 0 aromatic heterocycles. The van der Waals surface area contributed by atoms with Crippen molar-refractivity contribution >= 4 is 56.4 Å². The summed E-state index contributed by atoms with van der Waals surface area (Å²) in [4.78, 5) is 12.4. The molecule has 146 valence electrons. The van der Waals surface area contributed by atoms with Gasteiger partial charge in [-0.2, -0.15) is 0 Å². The Morgan fingerprint density at radius 3 is 2.30 bits per heavy atom. The van der Waals surface area contributed by atoms with Gasteiger partial charge in [0.25, 0.3) is 5.91 Å². The van der Waals surface area contributed by atoms with Crippen molar-refractivity contribution in [2.45, 2.75) is 25.7 Å². The molecule has 2 aromatic carbocycles. The zero-order chi connectivity index (χ0) is 20.4. The van der Waals surface area contributed by atoms with Crippen LogP contribution in [0.3, 0.4) is 0 Å². The molecule has 0 fully saturated rings. The fraction of sp³-hybridized carbons (Fsp3) is 0.278. The maximum Gasteiger partial charge on any atom is 0.257 e. The number of sulfonamides is 1. The highest BCUT2D eigenvalue weighted by molar-refractivity contribution is 7.89. The lowest BCUT2D eigenvalue weighted by Gasteiger charge is -2.13. The van der Waals surface area contributed by atoms with Gasteiger partial charge in [-0.25, -0.2) is 13.1 Å². The normalized spacial score (nSPS) is 11.7. The average Bonchev–Trinajstić information content (AvgIpc) is 2.56. The van der Waals surface area contributed by atoms with Crippen LogP contribution >= 0.6 is 34.8 Å². The number of aryl methyl sites for hydroxylation is 1. The molecule has 0 atom stereocenters. The van der Waals surface area contributed by atoms with Crippen molar-refractivity contribution in [1.82, 2.24) is 4.72 Å². The second-order valence-corrected chi connectivity index (χ2v) is 9.38. The van der Waals surface area contributed by atoms with Gasteiger partial charge in [0.2, 0.25) is 10.0 Å². The first-order chi connectivity index (χ1) is 12.5. The maximum atomic E-state index is 12.6. The van der Waals surface area contributed by atoms with Gasteiger partial charge >= 0.3 is 0 Å². The lowest BCUT2D eigenvalue weighted by atomic mass is 10.2. The van der Waals surface area contributed by atoms with Gasteiger partial charge in [-0.05, 0) is 42.7 Å². The number of hydrogen-bond donors (Lipinski definition) is 2. The van der Waals surface area contributed by atoms with Crippen LogP contribution in [0.15, 0.2) is 35.2 Å². The third-order valence-electron chi connectivity index (χ3n) is 3.67. The smallest absolute Gasteiger partial charge is 0.257 e. The number of nitrogens with one attached hydrogen (secondary N) is 2. The van der Waals surface area contributed by atoms with Crippen molar-refractivity contribution in [2.75, 3.05) is 11.9 Å². The number of amides is 1. The van der Waals surface area contributed by atoms with Gasteiger partial charge in [0, 0.05) is 17.3 Å². The first kappa shape index (κ1) is 22.0. The molecule has 1 amide bonds. The fourth-order valence-electron chi connectivity index (χ4n) is 2.13. The molecule has 2 aromatic rings. The molecular formula is C18H19Cl3N2O3S. The molecule has 27 heavy (non-hydrogen) atoms. The van der Waals surface area contributed by atoms with Gasteiger partial charge < -0.3 is 5.32 Å². The Bertz CT molecular complexity index is 976. The third kappa shape index (κ3) is 5.59. The van der Waals surface area contributed by atoms with Crippen LogP contribution in [0.25, 0.3) is 0 Å². The summed E-state index contributed by atoms with van der Waals surface area (Å²) in [5.74, 6) is -0.461. The van der Waals surface area contributed by atoms with Crippen molar-refractivity contribution < 1.29 is 13.2 Å². The van der Waals surface area contributed by atoms with Gasteiger partial charge in [-0.15, -0.1) is 0 Å². The fourth-order valence-corrected chi connectivity index (χ4v) is 4.38. The summed E-state index contributed by atoms with van der Waals surface area (Å²) >= 11 is 18.2. The van der Waals surface area contributed by atoms with E-state index in [-0.39, 0.29) is 33.0 Å². The highest BCUT2D eigenvalue weighted by Gasteiger charge is 2.23. The molecule has 0 spiro atoms. The Morgan fingerprint density at radius 2 is 1.70 bits per heavy atom. The minimum absolute atomic E-state index is 0.0114. The molecule has 2 N–H and O–H groups in total. The first-order valence-corrected chi connectivity index (χ1v) is 10.7. The molecule has 9 heteroatoms. The Morgan fingerprint density at radius 1 is 1.04 bits per heavy atom. The second kappa shape index (κ2) is 8.80. The van der Waals surface area contributed by atoms with Crippen LogP contribution < -0.4 is 10.0 Å². The SMILES string of the molecule is Cc1ccc(NC(=O)c2cc(S(=O)(=O)NCC(C)C)c(Cl)cc2Cl)cc1Cl. The van der Waals surface area contributed by atoms with E-state index in [1.165, 1.54) is 12.1 Å². The standard InChI is InChI=1S/C18H19Cl3N2O3S/c1-10(2)9-22-27(25,26)17-7-13(15(20)8-16(17)21)18(24)23-12-5-4-11(3)14(19)6-12/h4-8,10,22H,9H2,1-3H3,(H,23,24).